The van der Waals surface area contributed by atoms with E-state index in [1.54, 1.807) is 6.07 Å². The Morgan fingerprint density at radius 1 is 1.38 bits per heavy atom. The van der Waals surface area contributed by atoms with Crippen LogP contribution in [0.4, 0.5) is 4.39 Å². The fraction of sp³-hybridized carbons (Fsp3) is 0.538. The van der Waals surface area contributed by atoms with E-state index in [9.17, 15) is 4.39 Å². The Kier molecular flexibility index (Phi) is 5.78. The Morgan fingerprint density at radius 2 is 2.12 bits per heavy atom. The predicted octanol–water partition coefficient (Wildman–Crippen LogP) is 3.80. The van der Waals surface area contributed by atoms with Crippen LogP contribution < -0.4 is 5.32 Å². The van der Waals surface area contributed by atoms with Crippen molar-refractivity contribution < 1.29 is 4.39 Å². The number of hydrogen-bond donors (Lipinski definition) is 1. The highest BCUT2D eigenvalue weighted by molar-refractivity contribution is 6.31. The van der Waals surface area contributed by atoms with Crippen LogP contribution in [-0.4, -0.2) is 12.6 Å². The molecule has 0 spiro atoms. The molecule has 0 aliphatic carbocycles. The summed E-state index contributed by atoms with van der Waals surface area (Å²) in [5.41, 5.74) is 1.02. The first-order chi connectivity index (χ1) is 7.67. The molecule has 0 aromatic heterocycles. The molecule has 1 aromatic rings. The molecule has 90 valence electrons. The van der Waals surface area contributed by atoms with Gasteiger partial charge in [0.05, 0.1) is 0 Å². The summed E-state index contributed by atoms with van der Waals surface area (Å²) in [5, 5.41) is 3.95. The standard InChI is InChI=1S/C13H19ClFN/c1-3-5-12(16-4-2)8-10-6-7-11(15)9-13(10)14/h6-7,9,12,16H,3-5,8H2,1-2H3. The van der Waals surface area contributed by atoms with Gasteiger partial charge in [0.2, 0.25) is 0 Å². The highest BCUT2D eigenvalue weighted by atomic mass is 35.5. The third kappa shape index (κ3) is 4.11. The zero-order valence-electron chi connectivity index (χ0n) is 9.89. The number of halogens is 2. The molecule has 0 bridgehead atoms. The highest BCUT2D eigenvalue weighted by Crippen LogP contribution is 2.19. The van der Waals surface area contributed by atoms with E-state index in [2.05, 4.69) is 19.2 Å². The van der Waals surface area contributed by atoms with Gasteiger partial charge in [-0.3, -0.25) is 0 Å². The summed E-state index contributed by atoms with van der Waals surface area (Å²) in [7, 11) is 0. The molecule has 1 N–H and O–H groups in total. The van der Waals surface area contributed by atoms with E-state index in [0.29, 0.717) is 11.1 Å². The van der Waals surface area contributed by atoms with E-state index in [-0.39, 0.29) is 5.82 Å². The third-order valence-electron chi connectivity index (χ3n) is 2.61. The van der Waals surface area contributed by atoms with Gasteiger partial charge in [-0.2, -0.15) is 0 Å². The minimum absolute atomic E-state index is 0.274. The van der Waals surface area contributed by atoms with Crippen molar-refractivity contribution in [3.8, 4) is 0 Å². The first kappa shape index (κ1) is 13.5. The first-order valence-corrected chi connectivity index (χ1v) is 6.22. The number of benzene rings is 1. The Balaban J connectivity index is 2.68. The van der Waals surface area contributed by atoms with Crippen LogP contribution in [0.15, 0.2) is 18.2 Å². The van der Waals surface area contributed by atoms with Crippen LogP contribution >= 0.6 is 11.6 Å². The molecule has 0 heterocycles. The average molecular weight is 244 g/mol. The maximum atomic E-state index is 12.9. The zero-order valence-corrected chi connectivity index (χ0v) is 10.6. The van der Waals surface area contributed by atoms with E-state index in [4.69, 9.17) is 11.6 Å². The summed E-state index contributed by atoms with van der Waals surface area (Å²) in [6.07, 6.45) is 3.11. The molecule has 3 heteroatoms. The normalized spacial score (nSPS) is 12.8. The van der Waals surface area contributed by atoms with Crippen LogP contribution in [-0.2, 0) is 6.42 Å². The number of likely N-dealkylation sites (N-methyl/N-ethyl adjacent to an activating group) is 1. The second-order valence-corrected chi connectivity index (χ2v) is 4.39. The van der Waals surface area contributed by atoms with Crippen molar-refractivity contribution >= 4 is 11.6 Å². The molecular weight excluding hydrogens is 225 g/mol. The van der Waals surface area contributed by atoms with E-state index < -0.39 is 0 Å². The van der Waals surface area contributed by atoms with Gasteiger partial charge in [0, 0.05) is 11.1 Å². The zero-order chi connectivity index (χ0) is 12.0. The third-order valence-corrected chi connectivity index (χ3v) is 2.96. The van der Waals surface area contributed by atoms with Gasteiger partial charge < -0.3 is 5.32 Å². The van der Waals surface area contributed by atoms with Crippen LogP contribution in [0.5, 0.6) is 0 Å². The quantitative estimate of drug-likeness (QED) is 0.802. The van der Waals surface area contributed by atoms with E-state index in [0.717, 1.165) is 31.4 Å². The lowest BCUT2D eigenvalue weighted by Crippen LogP contribution is -2.30. The summed E-state index contributed by atoms with van der Waals surface area (Å²) >= 11 is 6.01. The fourth-order valence-corrected chi connectivity index (χ4v) is 2.11. The maximum Gasteiger partial charge on any atom is 0.124 e. The van der Waals surface area contributed by atoms with Crippen molar-refractivity contribution in [2.75, 3.05) is 6.54 Å². The Morgan fingerprint density at radius 3 is 2.69 bits per heavy atom. The first-order valence-electron chi connectivity index (χ1n) is 5.84. The molecule has 0 saturated carbocycles. The molecule has 1 unspecified atom stereocenters. The summed E-state index contributed by atoms with van der Waals surface area (Å²) in [6, 6.07) is 5.05. The summed E-state index contributed by atoms with van der Waals surface area (Å²) in [5.74, 6) is -0.274. The van der Waals surface area contributed by atoms with Crippen molar-refractivity contribution in [2.24, 2.45) is 0 Å². The Labute approximate surface area is 102 Å². The molecule has 0 fully saturated rings. The van der Waals surface area contributed by atoms with Crippen molar-refractivity contribution in [1.29, 1.82) is 0 Å². The number of hydrogen-bond acceptors (Lipinski definition) is 1. The lowest BCUT2D eigenvalue weighted by molar-refractivity contribution is 0.485. The van der Waals surface area contributed by atoms with Crippen LogP contribution in [0.25, 0.3) is 0 Å². The van der Waals surface area contributed by atoms with Crippen LogP contribution in [0.1, 0.15) is 32.3 Å². The van der Waals surface area contributed by atoms with Gasteiger partial charge >= 0.3 is 0 Å². The van der Waals surface area contributed by atoms with Crippen molar-refractivity contribution in [2.45, 2.75) is 39.2 Å². The van der Waals surface area contributed by atoms with Crippen LogP contribution in [0.2, 0.25) is 5.02 Å². The largest absolute Gasteiger partial charge is 0.314 e. The van der Waals surface area contributed by atoms with Gasteiger partial charge in [0.1, 0.15) is 5.82 Å². The summed E-state index contributed by atoms with van der Waals surface area (Å²) in [6.45, 7) is 5.20. The van der Waals surface area contributed by atoms with Crippen molar-refractivity contribution in [3.63, 3.8) is 0 Å². The minimum Gasteiger partial charge on any atom is -0.314 e. The fourth-order valence-electron chi connectivity index (χ4n) is 1.87. The molecule has 0 aliphatic rings. The van der Waals surface area contributed by atoms with E-state index in [1.165, 1.54) is 12.1 Å². The van der Waals surface area contributed by atoms with Gasteiger partial charge in [-0.15, -0.1) is 0 Å². The smallest absolute Gasteiger partial charge is 0.124 e. The van der Waals surface area contributed by atoms with Crippen molar-refractivity contribution in [1.82, 2.24) is 5.32 Å². The molecule has 0 amide bonds. The van der Waals surface area contributed by atoms with E-state index in [1.807, 2.05) is 0 Å². The van der Waals surface area contributed by atoms with Gasteiger partial charge in [-0.1, -0.05) is 37.9 Å². The van der Waals surface area contributed by atoms with Crippen LogP contribution in [0, 0.1) is 5.82 Å². The SMILES string of the molecule is CCCC(Cc1ccc(F)cc1Cl)NCC. The molecule has 1 atom stereocenters. The predicted molar refractivity (Wildman–Crippen MR) is 67.5 cm³/mol. The summed E-state index contributed by atoms with van der Waals surface area (Å²) < 4.78 is 12.9. The average Bonchev–Trinajstić information content (AvgIpc) is 2.23. The molecule has 16 heavy (non-hydrogen) atoms. The number of rotatable bonds is 6. The van der Waals surface area contributed by atoms with Crippen molar-refractivity contribution in [3.05, 3.63) is 34.6 Å². The second kappa shape index (κ2) is 6.87. The van der Waals surface area contributed by atoms with Crippen LogP contribution in [0.3, 0.4) is 0 Å². The van der Waals surface area contributed by atoms with Gasteiger partial charge in [-0.25, -0.2) is 4.39 Å². The highest BCUT2D eigenvalue weighted by Gasteiger charge is 2.10. The second-order valence-electron chi connectivity index (χ2n) is 3.98. The molecule has 0 saturated heterocycles. The van der Waals surface area contributed by atoms with Gasteiger partial charge in [0.15, 0.2) is 0 Å². The Hall–Kier alpha value is -0.600. The summed E-state index contributed by atoms with van der Waals surface area (Å²) in [4.78, 5) is 0. The van der Waals surface area contributed by atoms with Gasteiger partial charge in [-0.05, 0) is 37.1 Å². The lowest BCUT2D eigenvalue weighted by Gasteiger charge is -2.17. The minimum atomic E-state index is -0.274. The van der Waals surface area contributed by atoms with E-state index >= 15 is 0 Å². The molecule has 1 rings (SSSR count). The molecule has 1 nitrogen and oxygen atoms in total. The molecule has 0 aliphatic heterocycles. The lowest BCUT2D eigenvalue weighted by atomic mass is 10.0. The molecular formula is C13H19ClFN. The van der Waals surface area contributed by atoms with Gasteiger partial charge in [0.25, 0.3) is 0 Å². The Bertz CT molecular complexity index is 322. The monoisotopic (exact) mass is 243 g/mol. The topological polar surface area (TPSA) is 12.0 Å². The molecule has 1 aromatic carbocycles. The number of nitrogens with one attached hydrogen (secondary N) is 1. The molecule has 0 radical (unpaired) electrons. The maximum absolute atomic E-state index is 12.9.